The average molecular weight is 469 g/mol. The summed E-state index contributed by atoms with van der Waals surface area (Å²) in [6.45, 7) is 13.1. The van der Waals surface area contributed by atoms with Crippen LogP contribution in [0.1, 0.15) is 50.3 Å². The summed E-state index contributed by atoms with van der Waals surface area (Å²) in [5, 5.41) is 5.46. The highest BCUT2D eigenvalue weighted by Gasteiger charge is 2.27. The second kappa shape index (κ2) is 9.17. The number of rotatable bonds is 4. The number of likely N-dealkylation sites (tertiary alicyclic amines) is 1. The number of carbonyl (C=O) groups excluding carboxylic acids is 1. The highest BCUT2D eigenvalue weighted by Crippen LogP contribution is 2.35. The van der Waals surface area contributed by atoms with Crippen molar-refractivity contribution in [2.75, 3.05) is 18.4 Å². The lowest BCUT2D eigenvalue weighted by Gasteiger charge is -2.33. The molecule has 0 saturated carbocycles. The van der Waals surface area contributed by atoms with E-state index in [1.54, 1.807) is 16.2 Å². The maximum atomic E-state index is 12.3. The van der Waals surface area contributed by atoms with E-state index in [2.05, 4.69) is 38.2 Å². The highest BCUT2D eigenvalue weighted by atomic mass is 32.1. The van der Waals surface area contributed by atoms with Gasteiger partial charge in [0, 0.05) is 19.1 Å². The minimum absolute atomic E-state index is 0.176. The number of hydrogen-bond acceptors (Lipinski definition) is 7. The fraction of sp³-hybridized carbons (Fsp3) is 0.480. The molecule has 1 fully saturated rings. The van der Waals surface area contributed by atoms with Crippen LogP contribution >= 0.6 is 11.3 Å². The molecule has 3 heterocycles. The van der Waals surface area contributed by atoms with Crippen molar-refractivity contribution in [3.8, 4) is 11.6 Å². The Morgan fingerprint density at radius 2 is 1.79 bits per heavy atom. The number of anilines is 1. The van der Waals surface area contributed by atoms with Crippen molar-refractivity contribution in [2.24, 2.45) is 0 Å². The van der Waals surface area contributed by atoms with E-state index in [4.69, 9.17) is 19.4 Å². The molecule has 0 bridgehead atoms. The molecule has 1 aliphatic rings. The fourth-order valence-corrected chi connectivity index (χ4v) is 4.87. The summed E-state index contributed by atoms with van der Waals surface area (Å²) in [6.07, 6.45) is 1.35. The molecule has 2 aromatic heterocycles. The van der Waals surface area contributed by atoms with Gasteiger partial charge < -0.3 is 19.7 Å². The number of amides is 1. The number of aromatic nitrogens is 2. The molecule has 8 heteroatoms. The van der Waals surface area contributed by atoms with Crippen LogP contribution in [0.5, 0.6) is 11.6 Å². The molecule has 7 nitrogen and oxygen atoms in total. The number of nitrogens with zero attached hydrogens (tertiary/aromatic N) is 3. The first kappa shape index (κ1) is 23.3. The first-order valence-corrected chi connectivity index (χ1v) is 12.2. The molecular formula is C25H32N4O3S. The van der Waals surface area contributed by atoms with Gasteiger partial charge in [-0.1, -0.05) is 17.7 Å². The van der Waals surface area contributed by atoms with Gasteiger partial charge in [0.25, 0.3) is 0 Å². The van der Waals surface area contributed by atoms with E-state index in [-0.39, 0.29) is 12.1 Å². The maximum absolute atomic E-state index is 12.3. The zero-order chi connectivity index (χ0) is 23.8. The number of hydrogen-bond donors (Lipinski definition) is 1. The summed E-state index contributed by atoms with van der Waals surface area (Å²) >= 11 is 1.57. The predicted molar refractivity (Wildman–Crippen MR) is 133 cm³/mol. The van der Waals surface area contributed by atoms with Gasteiger partial charge in [0.1, 0.15) is 16.1 Å². The molecule has 1 aliphatic heterocycles. The number of fused-ring (bicyclic) bond motifs is 1. The minimum atomic E-state index is -0.486. The van der Waals surface area contributed by atoms with Crippen LogP contribution in [0, 0.1) is 20.8 Å². The Morgan fingerprint density at radius 1 is 1.12 bits per heavy atom. The van der Waals surface area contributed by atoms with E-state index in [0.29, 0.717) is 24.9 Å². The lowest BCUT2D eigenvalue weighted by Crippen LogP contribution is -2.44. The third-order valence-electron chi connectivity index (χ3n) is 5.56. The van der Waals surface area contributed by atoms with Crippen LogP contribution in [0.4, 0.5) is 10.7 Å². The van der Waals surface area contributed by atoms with Gasteiger partial charge in [-0.25, -0.2) is 9.78 Å². The second-order valence-corrected chi connectivity index (χ2v) is 10.6. The summed E-state index contributed by atoms with van der Waals surface area (Å²) < 4.78 is 12.8. The number of piperidine rings is 1. The van der Waals surface area contributed by atoms with Crippen molar-refractivity contribution < 1.29 is 14.3 Å². The van der Waals surface area contributed by atoms with Crippen molar-refractivity contribution in [3.05, 3.63) is 40.3 Å². The fourth-order valence-electron chi connectivity index (χ4n) is 4.11. The van der Waals surface area contributed by atoms with Crippen molar-refractivity contribution in [3.63, 3.8) is 0 Å². The van der Waals surface area contributed by atoms with Crippen molar-refractivity contribution >= 4 is 33.6 Å². The first-order valence-electron chi connectivity index (χ1n) is 11.3. The molecule has 176 valence electrons. The quantitative estimate of drug-likeness (QED) is 0.490. The third-order valence-corrected chi connectivity index (χ3v) is 6.45. The SMILES string of the molecule is Cc1cc(C)c(Oc2nc(NC3CCN(C(=O)OC(C)(C)C)CC3)nc3ccsc23)c(C)c1. The number of nitrogens with one attached hydrogen (secondary N) is 1. The third kappa shape index (κ3) is 5.55. The summed E-state index contributed by atoms with van der Waals surface area (Å²) in [5.74, 6) is 1.96. The van der Waals surface area contributed by atoms with Crippen molar-refractivity contribution in [1.82, 2.24) is 14.9 Å². The van der Waals surface area contributed by atoms with E-state index in [9.17, 15) is 4.79 Å². The Bertz CT molecular complexity index is 1140. The Kier molecular flexibility index (Phi) is 6.47. The van der Waals surface area contributed by atoms with Gasteiger partial charge >= 0.3 is 6.09 Å². The number of aryl methyl sites for hydroxylation is 3. The summed E-state index contributed by atoms with van der Waals surface area (Å²) in [7, 11) is 0. The Balaban J connectivity index is 1.48. The molecule has 0 unspecified atom stereocenters. The second-order valence-electron chi connectivity index (χ2n) is 9.70. The molecule has 1 saturated heterocycles. The molecule has 1 amide bonds. The standard InChI is InChI=1S/C25H32N4O3S/c1-15-13-16(2)20(17(3)14-15)31-22-21-19(9-12-33-21)27-23(28-22)26-18-7-10-29(11-8-18)24(30)32-25(4,5)6/h9,12-14,18H,7-8,10-11H2,1-6H3,(H,26,27,28). The number of carbonyl (C=O) groups is 1. The topological polar surface area (TPSA) is 76.6 Å². The molecule has 1 aromatic carbocycles. The molecule has 0 aliphatic carbocycles. The molecule has 0 spiro atoms. The van der Waals surface area contributed by atoms with E-state index < -0.39 is 5.60 Å². The largest absolute Gasteiger partial charge is 0.444 e. The lowest BCUT2D eigenvalue weighted by atomic mass is 10.1. The Morgan fingerprint density at radius 3 is 2.42 bits per heavy atom. The first-order chi connectivity index (χ1) is 15.6. The molecular weight excluding hydrogens is 436 g/mol. The molecule has 33 heavy (non-hydrogen) atoms. The van der Waals surface area contributed by atoms with Gasteiger partial charge in [-0.2, -0.15) is 4.98 Å². The smallest absolute Gasteiger partial charge is 0.410 e. The molecule has 1 N–H and O–H groups in total. The van der Waals surface area contributed by atoms with Gasteiger partial charge in [0.2, 0.25) is 11.8 Å². The van der Waals surface area contributed by atoms with Gasteiger partial charge in [-0.05, 0) is 77.0 Å². The van der Waals surface area contributed by atoms with Crippen molar-refractivity contribution in [2.45, 2.75) is 66.0 Å². The van der Waals surface area contributed by atoms with E-state index in [1.165, 1.54) is 5.56 Å². The summed E-state index contributed by atoms with van der Waals surface area (Å²) in [4.78, 5) is 23.5. The Labute approximate surface area is 199 Å². The predicted octanol–water partition coefficient (Wildman–Crippen LogP) is 6.22. The van der Waals surface area contributed by atoms with Gasteiger partial charge in [0.05, 0.1) is 5.52 Å². The zero-order valence-corrected chi connectivity index (χ0v) is 21.0. The van der Waals surface area contributed by atoms with Crippen LogP contribution in [-0.2, 0) is 4.74 Å². The molecule has 3 aromatic rings. The Hall–Kier alpha value is -2.87. The monoisotopic (exact) mass is 468 g/mol. The van der Waals surface area contributed by atoms with E-state index in [0.717, 1.165) is 39.9 Å². The van der Waals surface area contributed by atoms with Gasteiger partial charge in [0.15, 0.2) is 0 Å². The normalized spacial score (nSPS) is 15.0. The summed E-state index contributed by atoms with van der Waals surface area (Å²) in [6, 6.07) is 6.40. The number of thiophene rings is 1. The van der Waals surface area contributed by atoms with E-state index >= 15 is 0 Å². The maximum Gasteiger partial charge on any atom is 0.410 e. The highest BCUT2D eigenvalue weighted by molar-refractivity contribution is 7.17. The number of benzene rings is 1. The van der Waals surface area contributed by atoms with Crippen LogP contribution < -0.4 is 10.1 Å². The van der Waals surface area contributed by atoms with Crippen LogP contribution in [0.25, 0.3) is 10.2 Å². The summed E-state index contributed by atoms with van der Waals surface area (Å²) in [5.41, 5.74) is 3.75. The van der Waals surface area contributed by atoms with Crippen molar-refractivity contribution in [1.29, 1.82) is 0 Å². The molecule has 0 atom stereocenters. The van der Waals surface area contributed by atoms with Crippen LogP contribution in [0.15, 0.2) is 23.6 Å². The number of ether oxygens (including phenoxy) is 2. The van der Waals surface area contributed by atoms with Gasteiger partial charge in [-0.15, -0.1) is 11.3 Å². The van der Waals surface area contributed by atoms with E-state index in [1.807, 2.05) is 32.2 Å². The molecule has 0 radical (unpaired) electrons. The van der Waals surface area contributed by atoms with Gasteiger partial charge in [-0.3, -0.25) is 0 Å². The van der Waals surface area contributed by atoms with Crippen LogP contribution in [0.2, 0.25) is 0 Å². The van der Waals surface area contributed by atoms with Crippen LogP contribution in [0.3, 0.4) is 0 Å². The lowest BCUT2D eigenvalue weighted by molar-refractivity contribution is 0.0210. The minimum Gasteiger partial charge on any atom is -0.444 e. The zero-order valence-electron chi connectivity index (χ0n) is 20.2. The van der Waals surface area contributed by atoms with Crippen LogP contribution in [-0.4, -0.2) is 45.7 Å². The average Bonchev–Trinajstić information content (AvgIpc) is 3.18. The molecule has 4 rings (SSSR count).